The maximum Gasteiger partial charge on any atom is 0.472 e. The molecule has 1 aliphatic carbocycles. The molecule has 0 saturated heterocycles. The number of carbonyl (C=O) groups is 2. The van der Waals surface area contributed by atoms with Gasteiger partial charge in [0.05, 0.1) is 6.61 Å². The Morgan fingerprint density at radius 2 is 1.06 bits per heavy atom. The number of carbonyl (C=O) groups excluding carboxylic acids is 2. The summed E-state index contributed by atoms with van der Waals surface area (Å²) in [6.07, 6.45) is 21.2. The largest absolute Gasteiger partial charge is 0.472 e. The highest BCUT2D eigenvalue weighted by atomic mass is 31.2. The molecule has 6 N–H and O–H groups in total. The lowest BCUT2D eigenvalue weighted by molar-refractivity contribution is -0.220. The zero-order chi connectivity index (χ0) is 40.0. The van der Waals surface area contributed by atoms with E-state index in [0.29, 0.717) is 12.8 Å². The number of aliphatic hydroxyl groups excluding tert-OH is 5. The lowest BCUT2D eigenvalue weighted by Gasteiger charge is -2.41. The van der Waals surface area contributed by atoms with Gasteiger partial charge in [0.15, 0.2) is 6.10 Å². The van der Waals surface area contributed by atoms with E-state index >= 15 is 0 Å². The summed E-state index contributed by atoms with van der Waals surface area (Å²) in [5.74, 6) is -1.13. The molecule has 6 unspecified atom stereocenters. The molecule has 1 rings (SSSR count). The van der Waals surface area contributed by atoms with Crippen molar-refractivity contribution >= 4 is 19.8 Å². The van der Waals surface area contributed by atoms with Gasteiger partial charge in [0.2, 0.25) is 0 Å². The average molecular weight is 789 g/mol. The summed E-state index contributed by atoms with van der Waals surface area (Å²) in [6, 6.07) is 0. The zero-order valence-corrected chi connectivity index (χ0v) is 33.4. The van der Waals surface area contributed by atoms with Crippen molar-refractivity contribution in [2.24, 2.45) is 0 Å². The molecule has 0 heterocycles. The summed E-state index contributed by atoms with van der Waals surface area (Å²) in [7, 11) is -5.10. The SMILES string of the molecule is CC/C=C\C/C=C\C/C=C\C/C=C\CCCCCCCCCCC(=O)OC(COC(=O)CCCCCC)COP(=O)(O)OC1C(O)C(O)C(O)C(O)C1O. The quantitative estimate of drug-likeness (QED) is 0.0194. The molecule has 13 nitrogen and oxygen atoms in total. The Morgan fingerprint density at radius 3 is 1.61 bits per heavy atom. The molecule has 0 amide bonds. The lowest BCUT2D eigenvalue weighted by atomic mass is 9.85. The molecule has 1 aliphatic rings. The van der Waals surface area contributed by atoms with Crippen LogP contribution in [0.4, 0.5) is 0 Å². The molecule has 0 aliphatic heterocycles. The molecule has 0 bridgehead atoms. The third-order valence-corrected chi connectivity index (χ3v) is 9.92. The van der Waals surface area contributed by atoms with Gasteiger partial charge in [0, 0.05) is 12.8 Å². The van der Waals surface area contributed by atoms with Crippen molar-refractivity contribution in [2.75, 3.05) is 13.2 Å². The van der Waals surface area contributed by atoms with Gasteiger partial charge < -0.3 is 39.9 Å². The van der Waals surface area contributed by atoms with Crippen LogP contribution in [0.3, 0.4) is 0 Å². The first-order chi connectivity index (χ1) is 25.9. The van der Waals surface area contributed by atoms with Gasteiger partial charge in [-0.15, -0.1) is 0 Å². The standard InChI is InChI=1S/C40H69O13P/c1-3-5-7-9-10-11-12-13-14-15-16-17-18-19-20-21-22-23-24-25-27-29-34(42)52-32(30-50-33(41)28-26-8-6-4-2)31-51-54(48,49)53-40-38(46)36(44)35(43)37(45)39(40)47/h5,7,10-11,13-14,16-17,32,35-40,43-47H,3-4,6,8-9,12,15,18-31H2,1-2H3,(H,48,49)/b7-5-,11-10-,14-13-,17-16-. The summed E-state index contributed by atoms with van der Waals surface area (Å²) in [5, 5.41) is 49.8. The predicted molar refractivity (Wildman–Crippen MR) is 207 cm³/mol. The first-order valence-electron chi connectivity index (χ1n) is 19.9. The van der Waals surface area contributed by atoms with Crippen LogP contribution in [-0.2, 0) is 32.7 Å². The van der Waals surface area contributed by atoms with E-state index in [4.69, 9.17) is 18.5 Å². The number of rotatable bonds is 31. The van der Waals surface area contributed by atoms with Crippen LogP contribution >= 0.6 is 7.82 Å². The Morgan fingerprint density at radius 1 is 0.593 bits per heavy atom. The van der Waals surface area contributed by atoms with Gasteiger partial charge >= 0.3 is 19.8 Å². The normalized spacial score (nSPS) is 23.8. The summed E-state index contributed by atoms with van der Waals surface area (Å²) >= 11 is 0. The number of phosphoric ester groups is 1. The van der Waals surface area contributed by atoms with Crippen LogP contribution in [0.1, 0.15) is 136 Å². The second-order valence-electron chi connectivity index (χ2n) is 13.8. The number of esters is 2. The van der Waals surface area contributed by atoms with Crippen molar-refractivity contribution < 1.29 is 63.1 Å². The molecule has 1 fully saturated rings. The second kappa shape index (κ2) is 31.0. The zero-order valence-electron chi connectivity index (χ0n) is 32.5. The fourth-order valence-electron chi connectivity index (χ4n) is 5.69. The molecule has 0 spiro atoms. The molecule has 0 aromatic rings. The van der Waals surface area contributed by atoms with E-state index in [0.717, 1.165) is 89.9 Å². The number of hydrogen-bond donors (Lipinski definition) is 6. The number of allylic oxidation sites excluding steroid dienone is 8. The van der Waals surface area contributed by atoms with E-state index in [9.17, 15) is 44.6 Å². The van der Waals surface area contributed by atoms with E-state index < -0.39 is 75.7 Å². The van der Waals surface area contributed by atoms with E-state index in [-0.39, 0.29) is 12.8 Å². The van der Waals surface area contributed by atoms with E-state index in [1.54, 1.807) is 0 Å². The topological polar surface area (TPSA) is 210 Å². The molecule has 54 heavy (non-hydrogen) atoms. The second-order valence-corrected chi connectivity index (χ2v) is 15.2. The highest BCUT2D eigenvalue weighted by molar-refractivity contribution is 7.47. The molecule has 0 aromatic carbocycles. The van der Waals surface area contributed by atoms with Crippen LogP contribution in [0.5, 0.6) is 0 Å². The van der Waals surface area contributed by atoms with Gasteiger partial charge in [-0.25, -0.2) is 4.57 Å². The Labute approximate surface area is 322 Å². The Bertz CT molecular complexity index is 1140. The number of unbranched alkanes of at least 4 members (excludes halogenated alkanes) is 11. The molecule has 312 valence electrons. The highest BCUT2D eigenvalue weighted by Gasteiger charge is 2.51. The van der Waals surface area contributed by atoms with Crippen LogP contribution in [0.2, 0.25) is 0 Å². The third-order valence-electron chi connectivity index (χ3n) is 8.93. The Hall–Kier alpha value is -2.19. The van der Waals surface area contributed by atoms with Gasteiger partial charge in [-0.1, -0.05) is 120 Å². The van der Waals surface area contributed by atoms with Gasteiger partial charge in [-0.2, -0.15) is 0 Å². The number of phosphoric acid groups is 1. The Kier molecular flexibility index (Phi) is 28.6. The molecular formula is C40H69O13P. The van der Waals surface area contributed by atoms with Crippen molar-refractivity contribution in [1.82, 2.24) is 0 Å². The van der Waals surface area contributed by atoms with Gasteiger partial charge in [-0.05, 0) is 51.4 Å². The molecule has 6 atom stereocenters. The number of ether oxygens (including phenoxy) is 2. The predicted octanol–water partition coefficient (Wildman–Crippen LogP) is 6.44. The van der Waals surface area contributed by atoms with Crippen molar-refractivity contribution in [1.29, 1.82) is 0 Å². The smallest absolute Gasteiger partial charge is 0.462 e. The molecule has 1 saturated carbocycles. The maximum atomic E-state index is 12.7. The lowest BCUT2D eigenvalue weighted by Crippen LogP contribution is -2.64. The van der Waals surface area contributed by atoms with E-state index in [2.05, 4.69) is 55.5 Å². The van der Waals surface area contributed by atoms with Crippen LogP contribution in [0.15, 0.2) is 48.6 Å². The number of hydrogen-bond acceptors (Lipinski definition) is 12. The van der Waals surface area contributed by atoms with Crippen molar-refractivity contribution in [3.63, 3.8) is 0 Å². The molecule has 14 heteroatoms. The molecule has 0 aromatic heterocycles. The van der Waals surface area contributed by atoms with Gasteiger partial charge in [0.25, 0.3) is 0 Å². The first kappa shape index (κ1) is 49.8. The monoisotopic (exact) mass is 788 g/mol. The van der Waals surface area contributed by atoms with E-state index in [1.807, 2.05) is 6.92 Å². The first-order valence-corrected chi connectivity index (χ1v) is 21.4. The molecule has 0 radical (unpaired) electrons. The van der Waals surface area contributed by atoms with Crippen LogP contribution in [-0.4, -0.2) is 98.3 Å². The minimum absolute atomic E-state index is 0.0855. The third kappa shape index (κ3) is 23.7. The summed E-state index contributed by atoms with van der Waals surface area (Å²) < 4.78 is 33.1. The van der Waals surface area contributed by atoms with Crippen molar-refractivity contribution in [3.05, 3.63) is 48.6 Å². The van der Waals surface area contributed by atoms with Crippen LogP contribution < -0.4 is 0 Å². The van der Waals surface area contributed by atoms with Gasteiger partial charge in [-0.3, -0.25) is 18.6 Å². The number of aliphatic hydroxyl groups is 5. The Balaban J connectivity index is 2.38. The van der Waals surface area contributed by atoms with Crippen molar-refractivity contribution in [2.45, 2.75) is 179 Å². The fraction of sp³-hybridized carbons (Fsp3) is 0.750. The summed E-state index contributed by atoms with van der Waals surface area (Å²) in [5.41, 5.74) is 0. The van der Waals surface area contributed by atoms with Crippen LogP contribution in [0.25, 0.3) is 0 Å². The maximum absolute atomic E-state index is 12.7. The summed E-state index contributed by atoms with van der Waals surface area (Å²) in [6.45, 7) is 2.99. The highest BCUT2D eigenvalue weighted by Crippen LogP contribution is 2.47. The molecular weight excluding hydrogens is 719 g/mol. The average Bonchev–Trinajstić information content (AvgIpc) is 3.15. The van der Waals surface area contributed by atoms with Gasteiger partial charge in [0.1, 0.15) is 43.2 Å². The fourth-order valence-corrected chi connectivity index (χ4v) is 6.66. The van der Waals surface area contributed by atoms with E-state index in [1.165, 1.54) is 6.42 Å². The minimum Gasteiger partial charge on any atom is -0.462 e. The van der Waals surface area contributed by atoms with Crippen LogP contribution in [0, 0.1) is 0 Å². The van der Waals surface area contributed by atoms with Crippen molar-refractivity contribution in [3.8, 4) is 0 Å². The minimum atomic E-state index is -5.10. The summed E-state index contributed by atoms with van der Waals surface area (Å²) in [4.78, 5) is 35.1.